The quantitative estimate of drug-likeness (QED) is 0.807. The van der Waals surface area contributed by atoms with Crippen molar-refractivity contribution in [3.05, 3.63) is 42.1 Å². The normalized spacial score (nSPS) is 10.6. The molecule has 1 N–H and O–H groups in total. The zero-order chi connectivity index (χ0) is 13.5. The first-order valence-electron chi connectivity index (χ1n) is 6.84. The maximum Gasteiger partial charge on any atom is 0.216 e. The summed E-state index contributed by atoms with van der Waals surface area (Å²) < 4.78 is 0. The van der Waals surface area contributed by atoms with Crippen LogP contribution < -0.4 is 5.32 Å². The molecule has 2 rings (SSSR count). The summed E-state index contributed by atoms with van der Waals surface area (Å²) in [6.07, 6.45) is 6.20. The minimum Gasteiger partial charge on any atom is -0.356 e. The van der Waals surface area contributed by atoms with Crippen molar-refractivity contribution in [3.63, 3.8) is 0 Å². The van der Waals surface area contributed by atoms with Gasteiger partial charge in [0.05, 0.1) is 5.52 Å². The standard InChI is InChI=1S/C16H20N2O/c1-13(19)17-11-4-2-3-7-14-8-5-9-15-10-6-12-18-16(14)15/h5-6,8-10,12H,2-4,7,11H2,1H3,(H,17,19). The minimum atomic E-state index is 0.0539. The van der Waals surface area contributed by atoms with Crippen molar-refractivity contribution >= 4 is 16.8 Å². The summed E-state index contributed by atoms with van der Waals surface area (Å²) in [6.45, 7) is 2.34. The topological polar surface area (TPSA) is 42.0 Å². The number of unbranched alkanes of at least 4 members (excludes halogenated alkanes) is 2. The van der Waals surface area contributed by atoms with Crippen LogP contribution in [0.1, 0.15) is 31.7 Å². The van der Waals surface area contributed by atoms with Gasteiger partial charge >= 0.3 is 0 Å². The molecular weight excluding hydrogens is 236 g/mol. The molecule has 0 atom stereocenters. The number of nitrogens with one attached hydrogen (secondary N) is 1. The lowest BCUT2D eigenvalue weighted by Gasteiger charge is -2.06. The van der Waals surface area contributed by atoms with Gasteiger partial charge in [-0.1, -0.05) is 30.7 Å². The molecule has 0 radical (unpaired) electrons. The Bertz CT molecular complexity index is 546. The molecule has 0 aliphatic carbocycles. The summed E-state index contributed by atoms with van der Waals surface area (Å²) >= 11 is 0. The molecule has 0 spiro atoms. The van der Waals surface area contributed by atoms with Crippen LogP contribution in [-0.2, 0) is 11.2 Å². The predicted octanol–water partition coefficient (Wildman–Crippen LogP) is 3.08. The fourth-order valence-corrected chi connectivity index (χ4v) is 2.25. The van der Waals surface area contributed by atoms with Crippen molar-refractivity contribution in [1.82, 2.24) is 10.3 Å². The number of para-hydroxylation sites is 1. The van der Waals surface area contributed by atoms with Gasteiger partial charge in [-0.25, -0.2) is 0 Å². The Hall–Kier alpha value is -1.90. The van der Waals surface area contributed by atoms with E-state index in [4.69, 9.17) is 0 Å². The Labute approximate surface area is 114 Å². The van der Waals surface area contributed by atoms with Gasteiger partial charge in [-0.05, 0) is 30.9 Å². The number of aryl methyl sites for hydroxylation is 1. The van der Waals surface area contributed by atoms with Crippen LogP contribution in [0.3, 0.4) is 0 Å². The van der Waals surface area contributed by atoms with E-state index in [2.05, 4.69) is 34.6 Å². The smallest absolute Gasteiger partial charge is 0.216 e. The lowest BCUT2D eigenvalue weighted by molar-refractivity contribution is -0.118. The van der Waals surface area contributed by atoms with Gasteiger partial charge in [0.25, 0.3) is 0 Å². The molecule has 0 aliphatic heterocycles. The number of benzene rings is 1. The number of hydrogen-bond donors (Lipinski definition) is 1. The molecule has 1 amide bonds. The van der Waals surface area contributed by atoms with E-state index in [-0.39, 0.29) is 5.91 Å². The van der Waals surface area contributed by atoms with Crippen LogP contribution in [0.5, 0.6) is 0 Å². The van der Waals surface area contributed by atoms with Gasteiger partial charge in [0.1, 0.15) is 0 Å². The van der Waals surface area contributed by atoms with Crippen molar-refractivity contribution in [2.75, 3.05) is 6.54 Å². The molecular formula is C16H20N2O. The van der Waals surface area contributed by atoms with Crippen LogP contribution in [0.4, 0.5) is 0 Å². The fourth-order valence-electron chi connectivity index (χ4n) is 2.25. The van der Waals surface area contributed by atoms with Crippen molar-refractivity contribution < 1.29 is 4.79 Å². The Kier molecular flexibility index (Phi) is 4.90. The molecule has 0 bridgehead atoms. The summed E-state index contributed by atoms with van der Waals surface area (Å²) in [5, 5.41) is 4.03. The second kappa shape index (κ2) is 6.88. The van der Waals surface area contributed by atoms with Crippen molar-refractivity contribution in [2.24, 2.45) is 0 Å². The lowest BCUT2D eigenvalue weighted by Crippen LogP contribution is -2.20. The number of pyridine rings is 1. The molecule has 0 saturated heterocycles. The first-order chi connectivity index (χ1) is 9.27. The van der Waals surface area contributed by atoms with Gasteiger partial charge in [-0.3, -0.25) is 9.78 Å². The van der Waals surface area contributed by atoms with Gasteiger partial charge in [0, 0.05) is 25.1 Å². The number of hydrogen-bond acceptors (Lipinski definition) is 2. The highest BCUT2D eigenvalue weighted by Gasteiger charge is 2.01. The SMILES string of the molecule is CC(=O)NCCCCCc1cccc2cccnc12. The van der Waals surface area contributed by atoms with E-state index in [1.165, 1.54) is 10.9 Å². The highest BCUT2D eigenvalue weighted by Crippen LogP contribution is 2.17. The maximum atomic E-state index is 10.7. The van der Waals surface area contributed by atoms with Gasteiger partial charge in [-0.15, -0.1) is 0 Å². The van der Waals surface area contributed by atoms with E-state index in [9.17, 15) is 4.79 Å². The van der Waals surface area contributed by atoms with Crippen LogP contribution in [0.25, 0.3) is 10.9 Å². The second-order valence-corrected chi connectivity index (χ2v) is 4.79. The van der Waals surface area contributed by atoms with Crippen LogP contribution in [0.15, 0.2) is 36.5 Å². The zero-order valence-electron chi connectivity index (χ0n) is 11.4. The van der Waals surface area contributed by atoms with E-state index >= 15 is 0 Å². The largest absolute Gasteiger partial charge is 0.356 e. The highest BCUT2D eigenvalue weighted by molar-refractivity contribution is 5.81. The van der Waals surface area contributed by atoms with E-state index in [0.717, 1.165) is 37.7 Å². The monoisotopic (exact) mass is 256 g/mol. The predicted molar refractivity (Wildman–Crippen MR) is 78.0 cm³/mol. The van der Waals surface area contributed by atoms with Gasteiger partial charge in [0.15, 0.2) is 0 Å². The number of nitrogens with zero attached hydrogens (tertiary/aromatic N) is 1. The molecule has 0 aliphatic rings. The van der Waals surface area contributed by atoms with Crippen LogP contribution in [0, 0.1) is 0 Å². The molecule has 100 valence electrons. The first-order valence-corrected chi connectivity index (χ1v) is 6.84. The Morgan fingerprint density at radius 1 is 1.16 bits per heavy atom. The molecule has 19 heavy (non-hydrogen) atoms. The van der Waals surface area contributed by atoms with Gasteiger partial charge in [-0.2, -0.15) is 0 Å². The summed E-state index contributed by atoms with van der Waals surface area (Å²) in [7, 11) is 0. The van der Waals surface area contributed by atoms with Crippen LogP contribution in [0.2, 0.25) is 0 Å². The van der Waals surface area contributed by atoms with E-state index in [0.29, 0.717) is 0 Å². The van der Waals surface area contributed by atoms with E-state index in [1.54, 1.807) is 6.92 Å². The summed E-state index contributed by atoms with van der Waals surface area (Å²) in [5.74, 6) is 0.0539. The average molecular weight is 256 g/mol. The molecule has 3 nitrogen and oxygen atoms in total. The van der Waals surface area contributed by atoms with Crippen molar-refractivity contribution in [2.45, 2.75) is 32.6 Å². The summed E-state index contributed by atoms with van der Waals surface area (Å²) in [5.41, 5.74) is 2.43. The third-order valence-electron chi connectivity index (χ3n) is 3.21. The molecule has 0 unspecified atom stereocenters. The zero-order valence-corrected chi connectivity index (χ0v) is 11.4. The number of rotatable bonds is 6. The highest BCUT2D eigenvalue weighted by atomic mass is 16.1. The third kappa shape index (κ3) is 4.05. The number of amides is 1. The molecule has 1 aromatic carbocycles. The molecule has 3 heteroatoms. The maximum absolute atomic E-state index is 10.7. The molecule has 2 aromatic rings. The number of aromatic nitrogens is 1. The fraction of sp³-hybridized carbons (Fsp3) is 0.375. The van der Waals surface area contributed by atoms with E-state index in [1.807, 2.05) is 12.3 Å². The molecule has 1 aromatic heterocycles. The molecule has 0 saturated carbocycles. The molecule has 1 heterocycles. The minimum absolute atomic E-state index is 0.0539. The summed E-state index contributed by atoms with van der Waals surface area (Å²) in [4.78, 5) is 15.2. The number of carbonyl (C=O) groups is 1. The lowest BCUT2D eigenvalue weighted by atomic mass is 10.0. The van der Waals surface area contributed by atoms with Crippen molar-refractivity contribution in [1.29, 1.82) is 0 Å². The number of carbonyl (C=O) groups excluding carboxylic acids is 1. The van der Waals surface area contributed by atoms with Crippen molar-refractivity contribution in [3.8, 4) is 0 Å². The summed E-state index contributed by atoms with van der Waals surface area (Å²) in [6, 6.07) is 10.4. The van der Waals surface area contributed by atoms with Crippen LogP contribution >= 0.6 is 0 Å². The second-order valence-electron chi connectivity index (χ2n) is 4.79. The molecule has 0 fully saturated rings. The average Bonchev–Trinajstić information content (AvgIpc) is 2.42. The van der Waals surface area contributed by atoms with Gasteiger partial charge < -0.3 is 5.32 Å². The van der Waals surface area contributed by atoms with E-state index < -0.39 is 0 Å². The third-order valence-corrected chi connectivity index (χ3v) is 3.21. The Morgan fingerprint density at radius 3 is 2.84 bits per heavy atom. The Balaban J connectivity index is 1.83. The first kappa shape index (κ1) is 13.5. The van der Waals surface area contributed by atoms with Crippen LogP contribution in [-0.4, -0.2) is 17.4 Å². The Morgan fingerprint density at radius 2 is 2.00 bits per heavy atom. The number of fused-ring (bicyclic) bond motifs is 1. The van der Waals surface area contributed by atoms with Gasteiger partial charge in [0.2, 0.25) is 5.91 Å².